The van der Waals surface area contributed by atoms with Crippen molar-refractivity contribution in [2.75, 3.05) is 20.1 Å². The van der Waals surface area contributed by atoms with Crippen molar-refractivity contribution in [3.05, 3.63) is 77.0 Å². The molecule has 0 aliphatic carbocycles. The van der Waals surface area contributed by atoms with Gasteiger partial charge < -0.3 is 9.32 Å². The van der Waals surface area contributed by atoms with Gasteiger partial charge in [-0.25, -0.2) is 0 Å². The van der Waals surface area contributed by atoms with Crippen LogP contribution in [0, 0.1) is 19.8 Å². The summed E-state index contributed by atoms with van der Waals surface area (Å²) >= 11 is 0. The number of likely N-dealkylation sites (tertiary alicyclic amines) is 1. The van der Waals surface area contributed by atoms with E-state index in [4.69, 9.17) is 4.42 Å². The molecular formula is C26H34N4O2. The predicted molar refractivity (Wildman–Crippen MR) is 125 cm³/mol. The van der Waals surface area contributed by atoms with Gasteiger partial charge in [0.05, 0.1) is 12.2 Å². The molecule has 2 aromatic heterocycles. The number of carbonyl (C=O) groups excluding carboxylic acids is 1. The molecule has 170 valence electrons. The second-order valence-electron chi connectivity index (χ2n) is 9.09. The number of hydrogen-bond donors (Lipinski definition) is 0. The van der Waals surface area contributed by atoms with Crippen LogP contribution >= 0.6 is 0 Å². The number of piperidine rings is 1. The van der Waals surface area contributed by atoms with Gasteiger partial charge in [0.25, 0.3) is 5.91 Å². The molecule has 1 fully saturated rings. The fourth-order valence-electron chi connectivity index (χ4n) is 4.90. The SMILES string of the molecule is Cc1cc(C(=O)N(C)[C@@H](Cc2ccccc2)C2CCN(Cc3ccc(C)o3)CC2)n(C)n1. The zero-order valence-electron chi connectivity index (χ0n) is 19.6. The summed E-state index contributed by atoms with van der Waals surface area (Å²) in [4.78, 5) is 17.8. The molecule has 1 aromatic carbocycles. The molecule has 4 rings (SSSR count). The molecule has 0 N–H and O–H groups in total. The van der Waals surface area contributed by atoms with Gasteiger partial charge >= 0.3 is 0 Å². The highest BCUT2D eigenvalue weighted by molar-refractivity contribution is 5.92. The molecular weight excluding hydrogens is 400 g/mol. The number of aryl methyl sites for hydroxylation is 3. The van der Waals surface area contributed by atoms with Crippen LogP contribution in [0.4, 0.5) is 0 Å². The summed E-state index contributed by atoms with van der Waals surface area (Å²) in [6.07, 6.45) is 3.00. The molecule has 1 saturated heterocycles. The van der Waals surface area contributed by atoms with E-state index >= 15 is 0 Å². The minimum Gasteiger partial charge on any atom is -0.465 e. The smallest absolute Gasteiger partial charge is 0.272 e. The lowest BCUT2D eigenvalue weighted by molar-refractivity contribution is 0.0569. The van der Waals surface area contributed by atoms with E-state index < -0.39 is 0 Å². The van der Waals surface area contributed by atoms with Crippen molar-refractivity contribution < 1.29 is 9.21 Å². The first-order valence-corrected chi connectivity index (χ1v) is 11.5. The molecule has 0 unspecified atom stereocenters. The van der Waals surface area contributed by atoms with Crippen molar-refractivity contribution in [3.63, 3.8) is 0 Å². The van der Waals surface area contributed by atoms with Gasteiger partial charge in [0, 0.05) is 20.1 Å². The van der Waals surface area contributed by atoms with Crippen molar-refractivity contribution in [2.45, 2.75) is 45.7 Å². The zero-order valence-corrected chi connectivity index (χ0v) is 19.6. The van der Waals surface area contributed by atoms with Gasteiger partial charge in [0.15, 0.2) is 0 Å². The van der Waals surface area contributed by atoms with Crippen LogP contribution in [0.3, 0.4) is 0 Å². The quantitative estimate of drug-likeness (QED) is 0.559. The van der Waals surface area contributed by atoms with E-state index in [1.807, 2.05) is 51.0 Å². The van der Waals surface area contributed by atoms with Crippen LogP contribution in [0.15, 0.2) is 52.9 Å². The normalized spacial score (nSPS) is 16.2. The summed E-state index contributed by atoms with van der Waals surface area (Å²) in [5.74, 6) is 2.49. The van der Waals surface area contributed by atoms with E-state index in [0.717, 1.165) is 56.1 Å². The molecule has 32 heavy (non-hydrogen) atoms. The third kappa shape index (κ3) is 5.13. The van der Waals surface area contributed by atoms with Gasteiger partial charge in [-0.15, -0.1) is 0 Å². The van der Waals surface area contributed by atoms with Crippen molar-refractivity contribution in [1.82, 2.24) is 19.6 Å². The Labute approximate surface area is 190 Å². The first-order chi connectivity index (χ1) is 15.4. The summed E-state index contributed by atoms with van der Waals surface area (Å²) in [5, 5.41) is 4.38. The minimum atomic E-state index is 0.0440. The predicted octanol–water partition coefficient (Wildman–Crippen LogP) is 4.23. The monoisotopic (exact) mass is 434 g/mol. The van der Waals surface area contributed by atoms with Crippen LogP contribution < -0.4 is 0 Å². The molecule has 1 atom stereocenters. The lowest BCUT2D eigenvalue weighted by atomic mass is 9.84. The Morgan fingerprint density at radius 2 is 1.88 bits per heavy atom. The van der Waals surface area contributed by atoms with Crippen molar-refractivity contribution >= 4 is 5.91 Å². The number of nitrogens with zero attached hydrogens (tertiary/aromatic N) is 4. The molecule has 0 spiro atoms. The first kappa shape index (κ1) is 22.3. The topological polar surface area (TPSA) is 54.5 Å². The number of aromatic nitrogens is 2. The summed E-state index contributed by atoms with van der Waals surface area (Å²) in [6.45, 7) is 6.80. The molecule has 0 saturated carbocycles. The molecule has 3 heterocycles. The van der Waals surface area contributed by atoms with Gasteiger partial charge in [0.1, 0.15) is 17.2 Å². The Hall–Kier alpha value is -2.86. The molecule has 1 aliphatic heterocycles. The molecule has 1 amide bonds. The van der Waals surface area contributed by atoms with Gasteiger partial charge in [-0.3, -0.25) is 14.4 Å². The summed E-state index contributed by atoms with van der Waals surface area (Å²) in [7, 11) is 3.80. The first-order valence-electron chi connectivity index (χ1n) is 11.5. The number of hydrogen-bond acceptors (Lipinski definition) is 4. The molecule has 6 heteroatoms. The number of furan rings is 1. The number of benzene rings is 1. The number of rotatable bonds is 7. The minimum absolute atomic E-state index is 0.0440. The largest absolute Gasteiger partial charge is 0.465 e. The Morgan fingerprint density at radius 1 is 1.16 bits per heavy atom. The van der Waals surface area contributed by atoms with Crippen LogP contribution in [0.5, 0.6) is 0 Å². The average Bonchev–Trinajstić information content (AvgIpc) is 3.36. The maximum absolute atomic E-state index is 13.4. The van der Waals surface area contributed by atoms with Gasteiger partial charge in [0.2, 0.25) is 0 Å². The highest BCUT2D eigenvalue weighted by Crippen LogP contribution is 2.28. The van der Waals surface area contributed by atoms with Crippen molar-refractivity contribution in [1.29, 1.82) is 0 Å². The Bertz CT molecular complexity index is 1030. The van der Waals surface area contributed by atoms with Gasteiger partial charge in [-0.2, -0.15) is 5.10 Å². The maximum atomic E-state index is 13.4. The third-order valence-electron chi connectivity index (χ3n) is 6.68. The van der Waals surface area contributed by atoms with Crippen molar-refractivity contribution in [2.24, 2.45) is 13.0 Å². The zero-order chi connectivity index (χ0) is 22.7. The molecule has 0 radical (unpaired) electrons. The van der Waals surface area contributed by atoms with E-state index in [0.29, 0.717) is 11.6 Å². The van der Waals surface area contributed by atoms with E-state index in [1.165, 1.54) is 5.56 Å². The fourth-order valence-corrected chi connectivity index (χ4v) is 4.90. The maximum Gasteiger partial charge on any atom is 0.272 e. The third-order valence-corrected chi connectivity index (χ3v) is 6.68. The fraction of sp³-hybridized carbons (Fsp3) is 0.462. The van der Waals surface area contributed by atoms with Crippen LogP contribution in [-0.4, -0.2) is 51.7 Å². The Morgan fingerprint density at radius 3 is 2.47 bits per heavy atom. The standard InChI is InChI=1S/C26H34N4O2/c1-19-16-25(29(4)27-19)26(31)28(3)24(17-21-8-6-5-7-9-21)22-12-14-30(15-13-22)18-23-11-10-20(2)32-23/h5-11,16,22,24H,12-15,17-18H2,1-4H3/t24-/m0/s1. The van der Waals surface area contributed by atoms with Gasteiger partial charge in [-0.1, -0.05) is 30.3 Å². The van der Waals surface area contributed by atoms with Crippen LogP contribution in [0.25, 0.3) is 0 Å². The number of carbonyl (C=O) groups is 1. The van der Waals surface area contributed by atoms with E-state index in [2.05, 4.69) is 40.3 Å². The second kappa shape index (κ2) is 9.74. The lowest BCUT2D eigenvalue weighted by Gasteiger charge is -2.40. The highest BCUT2D eigenvalue weighted by Gasteiger charge is 2.33. The summed E-state index contributed by atoms with van der Waals surface area (Å²) < 4.78 is 7.46. The van der Waals surface area contributed by atoms with Crippen molar-refractivity contribution in [3.8, 4) is 0 Å². The average molecular weight is 435 g/mol. The Kier molecular flexibility index (Phi) is 6.80. The van der Waals surface area contributed by atoms with Crippen LogP contribution in [-0.2, 0) is 20.0 Å². The van der Waals surface area contributed by atoms with E-state index in [9.17, 15) is 4.79 Å². The summed E-state index contributed by atoms with van der Waals surface area (Å²) in [6, 6.07) is 16.6. The van der Waals surface area contributed by atoms with Crippen LogP contribution in [0.1, 0.15) is 46.1 Å². The lowest BCUT2D eigenvalue weighted by Crippen LogP contribution is -2.47. The number of amides is 1. The molecule has 6 nitrogen and oxygen atoms in total. The summed E-state index contributed by atoms with van der Waals surface area (Å²) in [5.41, 5.74) is 2.78. The molecule has 1 aliphatic rings. The van der Waals surface area contributed by atoms with Gasteiger partial charge in [-0.05, 0) is 75.9 Å². The molecule has 0 bridgehead atoms. The van der Waals surface area contributed by atoms with E-state index in [1.54, 1.807) is 4.68 Å². The second-order valence-corrected chi connectivity index (χ2v) is 9.09. The molecule has 3 aromatic rings. The van der Waals surface area contributed by atoms with Crippen LogP contribution in [0.2, 0.25) is 0 Å². The van der Waals surface area contributed by atoms with E-state index in [-0.39, 0.29) is 11.9 Å². The Balaban J connectivity index is 1.48. The number of likely N-dealkylation sites (N-methyl/N-ethyl adjacent to an activating group) is 1. The highest BCUT2D eigenvalue weighted by atomic mass is 16.3.